The Morgan fingerprint density at radius 2 is 1.96 bits per heavy atom. The molecule has 0 radical (unpaired) electrons. The number of rotatable bonds is 6. The normalized spacial score (nSPS) is 15.4. The van der Waals surface area contributed by atoms with Gasteiger partial charge in [-0.05, 0) is 37.1 Å². The highest BCUT2D eigenvalue weighted by atomic mass is 35.5. The Kier molecular flexibility index (Phi) is 6.83. The van der Waals surface area contributed by atoms with Gasteiger partial charge in [0.2, 0.25) is 11.0 Å². The second-order valence-electron chi connectivity index (χ2n) is 5.54. The predicted octanol–water partition coefficient (Wildman–Crippen LogP) is 5.35. The molecule has 24 heavy (non-hydrogen) atoms. The summed E-state index contributed by atoms with van der Waals surface area (Å²) in [5, 5.41) is 13.0. The molecular formula is C16H18ClN3OS3. The number of nitrogens with one attached hydrogen (secondary N) is 1. The van der Waals surface area contributed by atoms with Crippen LogP contribution in [-0.4, -0.2) is 27.1 Å². The summed E-state index contributed by atoms with van der Waals surface area (Å²) in [6.45, 7) is 0. The molecule has 8 heteroatoms. The van der Waals surface area contributed by atoms with E-state index >= 15 is 0 Å². The fourth-order valence-electron chi connectivity index (χ4n) is 2.47. The van der Waals surface area contributed by atoms with Crippen LogP contribution in [0.4, 0.5) is 5.13 Å². The van der Waals surface area contributed by atoms with Gasteiger partial charge in [-0.25, -0.2) is 0 Å². The van der Waals surface area contributed by atoms with Gasteiger partial charge in [0.25, 0.3) is 0 Å². The molecule has 0 bridgehead atoms. The molecule has 1 aliphatic carbocycles. The number of thioether (sulfide) groups is 2. The van der Waals surface area contributed by atoms with Crippen LogP contribution in [0.15, 0.2) is 33.5 Å². The maximum Gasteiger partial charge on any atom is 0.236 e. The molecule has 1 aromatic heterocycles. The van der Waals surface area contributed by atoms with E-state index in [1.807, 2.05) is 24.3 Å². The lowest BCUT2D eigenvalue weighted by molar-refractivity contribution is -0.113. The van der Waals surface area contributed by atoms with E-state index in [-0.39, 0.29) is 5.91 Å². The Balaban J connectivity index is 1.45. The van der Waals surface area contributed by atoms with Gasteiger partial charge >= 0.3 is 0 Å². The Morgan fingerprint density at radius 1 is 1.21 bits per heavy atom. The highest BCUT2D eigenvalue weighted by Crippen LogP contribution is 2.36. The Morgan fingerprint density at radius 3 is 2.71 bits per heavy atom. The predicted molar refractivity (Wildman–Crippen MR) is 103 cm³/mol. The minimum Gasteiger partial charge on any atom is -0.300 e. The van der Waals surface area contributed by atoms with E-state index in [2.05, 4.69) is 15.5 Å². The van der Waals surface area contributed by atoms with Crippen molar-refractivity contribution in [1.82, 2.24) is 10.2 Å². The minimum absolute atomic E-state index is 0.0692. The lowest BCUT2D eigenvalue weighted by atomic mass is 10.0. The first kappa shape index (κ1) is 18.0. The molecule has 0 spiro atoms. The van der Waals surface area contributed by atoms with E-state index < -0.39 is 0 Å². The number of aromatic nitrogens is 2. The van der Waals surface area contributed by atoms with Gasteiger partial charge in [-0.1, -0.05) is 54.0 Å². The van der Waals surface area contributed by atoms with Gasteiger partial charge in [-0.2, -0.15) is 0 Å². The Bertz CT molecular complexity index is 671. The molecule has 1 amide bonds. The molecule has 1 fully saturated rings. The van der Waals surface area contributed by atoms with E-state index in [0.29, 0.717) is 21.2 Å². The maximum atomic E-state index is 12.0. The number of carbonyl (C=O) groups excluding carboxylic acids is 1. The number of carbonyl (C=O) groups is 1. The standard InChI is InChI=1S/C16H18ClN3OS3/c17-11-6-8-12(9-7-11)22-10-14(21)18-15-19-20-16(24-15)23-13-4-2-1-3-5-13/h6-9,13H,1-5,10H2,(H,18,19,21). The highest BCUT2D eigenvalue weighted by Gasteiger charge is 2.17. The molecule has 1 heterocycles. The van der Waals surface area contributed by atoms with Gasteiger partial charge in [0, 0.05) is 15.2 Å². The molecule has 1 saturated carbocycles. The highest BCUT2D eigenvalue weighted by molar-refractivity contribution is 8.01. The molecule has 2 aromatic rings. The van der Waals surface area contributed by atoms with Crippen LogP contribution in [0, 0.1) is 0 Å². The molecular weight excluding hydrogens is 382 g/mol. The van der Waals surface area contributed by atoms with Crippen LogP contribution in [0.5, 0.6) is 0 Å². The van der Waals surface area contributed by atoms with Crippen molar-refractivity contribution >= 4 is 57.5 Å². The van der Waals surface area contributed by atoms with Crippen molar-refractivity contribution in [2.75, 3.05) is 11.1 Å². The smallest absolute Gasteiger partial charge is 0.236 e. The molecule has 0 atom stereocenters. The SMILES string of the molecule is O=C(CSc1ccc(Cl)cc1)Nc1nnc(SC2CCCCC2)s1. The monoisotopic (exact) mass is 399 g/mol. The first-order chi connectivity index (χ1) is 11.7. The van der Waals surface area contributed by atoms with E-state index in [4.69, 9.17) is 11.6 Å². The van der Waals surface area contributed by atoms with Crippen molar-refractivity contribution < 1.29 is 4.79 Å². The van der Waals surface area contributed by atoms with Crippen molar-refractivity contribution in [3.63, 3.8) is 0 Å². The summed E-state index contributed by atoms with van der Waals surface area (Å²) in [6.07, 6.45) is 6.47. The Labute approximate surface area is 159 Å². The van der Waals surface area contributed by atoms with Gasteiger partial charge in [-0.3, -0.25) is 10.1 Å². The van der Waals surface area contributed by atoms with E-state index in [1.165, 1.54) is 55.2 Å². The summed E-state index contributed by atoms with van der Waals surface area (Å²) in [5.74, 6) is 0.270. The molecule has 0 aliphatic heterocycles. The minimum atomic E-state index is -0.0692. The van der Waals surface area contributed by atoms with Crippen LogP contribution in [0.25, 0.3) is 0 Å². The topological polar surface area (TPSA) is 54.9 Å². The number of hydrogen-bond acceptors (Lipinski definition) is 6. The first-order valence-electron chi connectivity index (χ1n) is 7.87. The summed E-state index contributed by atoms with van der Waals surface area (Å²) in [4.78, 5) is 13.0. The molecule has 4 nitrogen and oxygen atoms in total. The van der Waals surface area contributed by atoms with Crippen LogP contribution in [0.1, 0.15) is 32.1 Å². The zero-order valence-electron chi connectivity index (χ0n) is 13.0. The third kappa shape index (κ3) is 5.65. The summed E-state index contributed by atoms with van der Waals surface area (Å²) in [7, 11) is 0. The molecule has 1 aromatic carbocycles. The van der Waals surface area contributed by atoms with Crippen molar-refractivity contribution in [1.29, 1.82) is 0 Å². The Hall–Kier alpha value is -0.760. The van der Waals surface area contributed by atoms with Gasteiger partial charge in [0.1, 0.15) is 0 Å². The molecule has 0 saturated heterocycles. The summed E-state index contributed by atoms with van der Waals surface area (Å²) in [5.41, 5.74) is 0. The average Bonchev–Trinajstić information content (AvgIpc) is 3.02. The van der Waals surface area contributed by atoms with Crippen molar-refractivity contribution in [2.45, 2.75) is 46.6 Å². The molecule has 1 aliphatic rings. The van der Waals surface area contributed by atoms with Crippen LogP contribution in [-0.2, 0) is 4.79 Å². The lowest BCUT2D eigenvalue weighted by Gasteiger charge is -2.19. The zero-order valence-corrected chi connectivity index (χ0v) is 16.2. The van der Waals surface area contributed by atoms with Crippen LogP contribution in [0.2, 0.25) is 5.02 Å². The number of nitrogens with zero attached hydrogens (tertiary/aromatic N) is 2. The van der Waals surface area contributed by atoms with E-state index in [9.17, 15) is 4.79 Å². The van der Waals surface area contributed by atoms with Gasteiger partial charge < -0.3 is 0 Å². The van der Waals surface area contributed by atoms with Crippen LogP contribution < -0.4 is 5.32 Å². The van der Waals surface area contributed by atoms with E-state index in [1.54, 1.807) is 11.8 Å². The second kappa shape index (κ2) is 9.08. The largest absolute Gasteiger partial charge is 0.300 e. The number of anilines is 1. The van der Waals surface area contributed by atoms with Crippen LogP contribution >= 0.6 is 46.5 Å². The number of amides is 1. The average molecular weight is 400 g/mol. The second-order valence-corrected chi connectivity index (χ2v) is 9.55. The van der Waals surface area contributed by atoms with Gasteiger partial charge in [0.05, 0.1) is 5.75 Å². The van der Waals surface area contributed by atoms with Crippen molar-refractivity contribution in [3.8, 4) is 0 Å². The molecule has 128 valence electrons. The summed E-state index contributed by atoms with van der Waals surface area (Å²) >= 11 is 10.6. The first-order valence-corrected chi connectivity index (χ1v) is 10.9. The van der Waals surface area contributed by atoms with E-state index in [0.717, 1.165) is 9.24 Å². The lowest BCUT2D eigenvalue weighted by Crippen LogP contribution is -2.13. The van der Waals surface area contributed by atoms with Crippen molar-refractivity contribution in [2.24, 2.45) is 0 Å². The van der Waals surface area contributed by atoms with Crippen LogP contribution in [0.3, 0.4) is 0 Å². The third-order valence-corrected chi connectivity index (χ3v) is 7.18. The fraction of sp³-hybridized carbons (Fsp3) is 0.438. The summed E-state index contributed by atoms with van der Waals surface area (Å²) in [6, 6.07) is 7.46. The zero-order chi connectivity index (χ0) is 16.8. The number of hydrogen-bond donors (Lipinski definition) is 1. The van der Waals surface area contributed by atoms with Gasteiger partial charge in [0.15, 0.2) is 4.34 Å². The summed E-state index contributed by atoms with van der Waals surface area (Å²) < 4.78 is 0.947. The third-order valence-electron chi connectivity index (χ3n) is 3.66. The maximum absolute atomic E-state index is 12.0. The fourth-order valence-corrected chi connectivity index (χ4v) is 5.57. The number of halogens is 1. The number of benzene rings is 1. The molecule has 3 rings (SSSR count). The molecule has 1 N–H and O–H groups in total. The molecule has 0 unspecified atom stereocenters. The van der Waals surface area contributed by atoms with Gasteiger partial charge in [-0.15, -0.1) is 22.0 Å². The quantitative estimate of drug-likeness (QED) is 0.524. The van der Waals surface area contributed by atoms with Crippen molar-refractivity contribution in [3.05, 3.63) is 29.3 Å².